The molecule has 0 radical (unpaired) electrons. The Bertz CT molecular complexity index is 1050. The van der Waals surface area contributed by atoms with Crippen LogP contribution in [0.3, 0.4) is 0 Å². The summed E-state index contributed by atoms with van der Waals surface area (Å²) in [6.07, 6.45) is -4.03. The Balaban J connectivity index is 1.58. The van der Waals surface area contributed by atoms with Crippen LogP contribution in [0.1, 0.15) is 32.8 Å². The Morgan fingerprint density at radius 2 is 2.13 bits per heavy atom. The van der Waals surface area contributed by atoms with E-state index in [1.807, 2.05) is 23.3 Å². The van der Waals surface area contributed by atoms with Gasteiger partial charge in [0.15, 0.2) is 0 Å². The first-order valence-electron chi connectivity index (χ1n) is 9.99. The van der Waals surface area contributed by atoms with Crippen molar-refractivity contribution in [3.63, 3.8) is 0 Å². The summed E-state index contributed by atoms with van der Waals surface area (Å²) in [5, 5.41) is 21.1. The summed E-state index contributed by atoms with van der Waals surface area (Å²) in [5.41, 5.74) is -0.522. The fourth-order valence-corrected chi connectivity index (χ4v) is 5.61. The predicted molar refractivity (Wildman–Crippen MR) is 111 cm³/mol. The molecular formula is C22H22F3N3O2S. The van der Waals surface area contributed by atoms with Crippen LogP contribution in [-0.2, 0) is 6.18 Å². The number of hydrogen-bond acceptors (Lipinski definition) is 5. The number of benzene rings is 1. The number of nitrogens with zero attached hydrogens (tertiary/aromatic N) is 3. The van der Waals surface area contributed by atoms with E-state index in [0.717, 1.165) is 11.6 Å². The lowest BCUT2D eigenvalue weighted by Crippen LogP contribution is -2.50. The Hall–Kier alpha value is -2.57. The lowest BCUT2D eigenvalue weighted by Gasteiger charge is -2.42. The van der Waals surface area contributed by atoms with E-state index in [-0.39, 0.29) is 18.4 Å². The normalized spacial score (nSPS) is 23.5. The number of likely N-dealkylation sites (tertiary alicyclic amines) is 1. The first kappa shape index (κ1) is 21.7. The molecule has 2 atom stereocenters. The summed E-state index contributed by atoms with van der Waals surface area (Å²) < 4.78 is 40.2. The molecule has 0 unspecified atom stereocenters. The quantitative estimate of drug-likeness (QED) is 0.772. The van der Waals surface area contributed by atoms with E-state index in [4.69, 9.17) is 5.26 Å². The van der Waals surface area contributed by atoms with Crippen molar-refractivity contribution in [1.82, 2.24) is 4.90 Å². The molecule has 2 saturated heterocycles. The number of amides is 1. The monoisotopic (exact) mass is 449 g/mol. The fourth-order valence-electron chi connectivity index (χ4n) is 4.72. The van der Waals surface area contributed by atoms with E-state index in [0.29, 0.717) is 43.2 Å². The number of anilines is 1. The van der Waals surface area contributed by atoms with Crippen molar-refractivity contribution in [3.05, 3.63) is 51.2 Å². The third-order valence-electron chi connectivity index (χ3n) is 6.59. The number of carbonyl (C=O) groups excluding carboxylic acids is 1. The zero-order chi connectivity index (χ0) is 22.4. The molecule has 2 aromatic rings. The molecule has 2 aliphatic heterocycles. The smallest absolute Gasteiger partial charge is 0.396 e. The standard InChI is InChI=1S/C22H22F3N3O2S/c1-14-4-7-31-19(14)20(30)27-6-5-21(13-29)12-28(11-16(21)10-27)17-3-2-15(9-26)18(8-17)22(23,24)25/h2-4,7-8,16,29H,5-6,10-13H2,1H3/t16-,21+/m1/s1. The molecular weight excluding hydrogens is 427 g/mol. The van der Waals surface area contributed by atoms with Gasteiger partial charge >= 0.3 is 6.18 Å². The van der Waals surface area contributed by atoms with Gasteiger partial charge in [-0.15, -0.1) is 11.3 Å². The van der Waals surface area contributed by atoms with Crippen molar-refractivity contribution in [3.8, 4) is 6.07 Å². The summed E-state index contributed by atoms with van der Waals surface area (Å²) in [7, 11) is 0. The van der Waals surface area contributed by atoms with Gasteiger partial charge in [0, 0.05) is 43.2 Å². The van der Waals surface area contributed by atoms with E-state index in [2.05, 4.69) is 0 Å². The molecule has 1 N–H and O–H groups in total. The Labute approximate surface area is 182 Å². The highest BCUT2D eigenvalue weighted by molar-refractivity contribution is 7.12. The third kappa shape index (κ3) is 3.79. The van der Waals surface area contributed by atoms with Crippen LogP contribution < -0.4 is 4.90 Å². The molecule has 0 spiro atoms. The van der Waals surface area contributed by atoms with Crippen molar-refractivity contribution in [2.75, 3.05) is 37.7 Å². The fraction of sp³-hybridized carbons (Fsp3) is 0.455. The molecule has 4 rings (SSSR count). The van der Waals surface area contributed by atoms with E-state index >= 15 is 0 Å². The van der Waals surface area contributed by atoms with Crippen LogP contribution in [0.5, 0.6) is 0 Å². The molecule has 0 aliphatic carbocycles. The number of aliphatic hydroxyl groups is 1. The highest BCUT2D eigenvalue weighted by Crippen LogP contribution is 2.45. The van der Waals surface area contributed by atoms with Crippen LogP contribution in [0.2, 0.25) is 0 Å². The number of aliphatic hydroxyl groups excluding tert-OH is 1. The first-order valence-corrected chi connectivity index (χ1v) is 10.9. The van der Waals surface area contributed by atoms with Gasteiger partial charge in [-0.1, -0.05) is 0 Å². The second kappa shape index (κ2) is 7.84. The Kier molecular flexibility index (Phi) is 5.48. The lowest BCUT2D eigenvalue weighted by atomic mass is 9.73. The first-order chi connectivity index (χ1) is 14.7. The second-order valence-electron chi connectivity index (χ2n) is 8.37. The maximum atomic E-state index is 13.4. The van der Waals surface area contributed by atoms with Gasteiger partial charge < -0.3 is 14.9 Å². The third-order valence-corrected chi connectivity index (χ3v) is 7.59. The molecule has 1 aromatic carbocycles. The summed E-state index contributed by atoms with van der Waals surface area (Å²) >= 11 is 1.40. The number of aryl methyl sites for hydroxylation is 1. The number of halogens is 3. The van der Waals surface area contributed by atoms with Gasteiger partial charge in [-0.3, -0.25) is 4.79 Å². The van der Waals surface area contributed by atoms with E-state index < -0.39 is 22.7 Å². The van der Waals surface area contributed by atoms with Crippen LogP contribution in [0.25, 0.3) is 0 Å². The Morgan fingerprint density at radius 3 is 2.74 bits per heavy atom. The molecule has 3 heterocycles. The van der Waals surface area contributed by atoms with Gasteiger partial charge in [0.25, 0.3) is 5.91 Å². The zero-order valence-corrected chi connectivity index (χ0v) is 17.8. The minimum Gasteiger partial charge on any atom is -0.396 e. The average Bonchev–Trinajstić information content (AvgIpc) is 3.35. The molecule has 1 aromatic heterocycles. The van der Waals surface area contributed by atoms with Crippen molar-refractivity contribution in [2.24, 2.45) is 11.3 Å². The topological polar surface area (TPSA) is 67.6 Å². The maximum Gasteiger partial charge on any atom is 0.417 e. The van der Waals surface area contributed by atoms with Crippen molar-refractivity contribution >= 4 is 22.9 Å². The SMILES string of the molecule is Cc1ccsc1C(=O)N1CC[C@@]2(CO)CN(c3ccc(C#N)c(C(F)(F)F)c3)C[C@H]2C1. The van der Waals surface area contributed by atoms with Crippen molar-refractivity contribution in [2.45, 2.75) is 19.5 Å². The zero-order valence-electron chi connectivity index (χ0n) is 16.9. The highest BCUT2D eigenvalue weighted by Gasteiger charge is 2.50. The van der Waals surface area contributed by atoms with Gasteiger partial charge in [0.05, 0.1) is 28.7 Å². The number of fused-ring (bicyclic) bond motifs is 1. The van der Waals surface area contributed by atoms with Crippen LogP contribution in [0.4, 0.5) is 18.9 Å². The Morgan fingerprint density at radius 1 is 1.35 bits per heavy atom. The molecule has 9 heteroatoms. The molecule has 31 heavy (non-hydrogen) atoms. The minimum absolute atomic E-state index is 0.0322. The average molecular weight is 449 g/mol. The number of piperidine rings is 1. The van der Waals surface area contributed by atoms with Gasteiger partial charge in [0.1, 0.15) is 0 Å². The molecule has 1 amide bonds. The summed E-state index contributed by atoms with van der Waals surface area (Å²) in [4.78, 5) is 17.3. The van der Waals surface area contributed by atoms with Crippen LogP contribution in [0, 0.1) is 29.6 Å². The predicted octanol–water partition coefficient (Wildman–Crippen LogP) is 3.91. The maximum absolute atomic E-state index is 13.4. The highest BCUT2D eigenvalue weighted by atomic mass is 32.1. The largest absolute Gasteiger partial charge is 0.417 e. The number of thiophene rings is 1. The molecule has 0 saturated carbocycles. The number of rotatable bonds is 3. The van der Waals surface area contributed by atoms with Gasteiger partial charge in [-0.05, 0) is 48.6 Å². The van der Waals surface area contributed by atoms with Crippen LogP contribution in [0.15, 0.2) is 29.6 Å². The number of nitriles is 1. The van der Waals surface area contributed by atoms with E-state index in [1.165, 1.54) is 23.5 Å². The minimum atomic E-state index is -4.62. The number of carbonyl (C=O) groups is 1. The number of hydrogen-bond donors (Lipinski definition) is 1. The van der Waals surface area contributed by atoms with Crippen molar-refractivity contribution in [1.29, 1.82) is 5.26 Å². The van der Waals surface area contributed by atoms with Gasteiger partial charge in [-0.25, -0.2) is 0 Å². The number of alkyl halides is 3. The molecule has 2 fully saturated rings. The molecule has 164 valence electrons. The lowest BCUT2D eigenvalue weighted by molar-refractivity contribution is -0.137. The molecule has 2 aliphatic rings. The van der Waals surface area contributed by atoms with E-state index in [1.54, 1.807) is 11.0 Å². The van der Waals surface area contributed by atoms with Crippen LogP contribution in [-0.4, -0.2) is 48.7 Å². The van der Waals surface area contributed by atoms with Crippen LogP contribution >= 0.6 is 11.3 Å². The second-order valence-corrected chi connectivity index (χ2v) is 9.29. The summed E-state index contributed by atoms with van der Waals surface area (Å²) in [5.74, 6) is -0.0873. The van der Waals surface area contributed by atoms with E-state index in [9.17, 15) is 23.1 Å². The van der Waals surface area contributed by atoms with Gasteiger partial charge in [0.2, 0.25) is 0 Å². The molecule has 0 bridgehead atoms. The van der Waals surface area contributed by atoms with Crippen molar-refractivity contribution < 1.29 is 23.1 Å². The van der Waals surface area contributed by atoms with Gasteiger partial charge in [-0.2, -0.15) is 18.4 Å². The summed E-state index contributed by atoms with van der Waals surface area (Å²) in [6.45, 7) is 3.62. The molecule has 5 nitrogen and oxygen atoms in total. The summed E-state index contributed by atoms with van der Waals surface area (Å²) in [6, 6.07) is 7.24.